The number of nitrogens with one attached hydrogen (secondary N) is 1. The van der Waals surface area contributed by atoms with Crippen LogP contribution in [0.1, 0.15) is 44.9 Å². The van der Waals surface area contributed by atoms with Crippen molar-refractivity contribution < 1.29 is 13.5 Å². The number of sulfonamides is 1. The summed E-state index contributed by atoms with van der Waals surface area (Å²) in [6.45, 7) is 8.20. The van der Waals surface area contributed by atoms with Crippen molar-refractivity contribution in [1.29, 1.82) is 0 Å². The molecule has 20 heavy (non-hydrogen) atoms. The highest BCUT2D eigenvalue weighted by Crippen LogP contribution is 2.22. The lowest BCUT2D eigenvalue weighted by atomic mass is 10.0. The van der Waals surface area contributed by atoms with Gasteiger partial charge in [-0.15, -0.1) is 0 Å². The number of aliphatic hydroxyl groups excluding tert-OH is 1. The summed E-state index contributed by atoms with van der Waals surface area (Å²) in [4.78, 5) is 0. The van der Waals surface area contributed by atoms with Crippen LogP contribution in [0.2, 0.25) is 0 Å². The quantitative estimate of drug-likeness (QED) is 0.764. The Balaban J connectivity index is 3.12. The smallest absolute Gasteiger partial charge is 0.262 e. The van der Waals surface area contributed by atoms with Gasteiger partial charge < -0.3 is 5.11 Å². The first-order valence-electron chi connectivity index (χ1n) is 7.07. The van der Waals surface area contributed by atoms with Crippen LogP contribution >= 0.6 is 0 Å². The van der Waals surface area contributed by atoms with Gasteiger partial charge in [0.15, 0.2) is 5.03 Å². The lowest BCUT2D eigenvalue weighted by Crippen LogP contribution is -2.35. The Morgan fingerprint density at radius 3 is 2.35 bits per heavy atom. The zero-order chi connectivity index (χ0) is 15.3. The standard InChI is InChI=1S/C13H25N3O3S/c1-5-11(6-2)8-16(7-3)20(18,19)13-12(9-17)10(4)14-15-13/h11,17H,5-9H2,1-4H3,(H,14,15). The van der Waals surface area contributed by atoms with Gasteiger partial charge in [0, 0.05) is 24.3 Å². The Bertz CT molecular complexity index is 521. The number of aromatic amines is 1. The van der Waals surface area contributed by atoms with Crippen LogP contribution in [0.5, 0.6) is 0 Å². The van der Waals surface area contributed by atoms with E-state index in [2.05, 4.69) is 24.0 Å². The molecule has 0 spiro atoms. The summed E-state index contributed by atoms with van der Waals surface area (Å²) in [5.41, 5.74) is 0.942. The lowest BCUT2D eigenvalue weighted by Gasteiger charge is -2.24. The molecule has 0 atom stereocenters. The predicted octanol–water partition coefficient (Wildman–Crippen LogP) is 1.66. The second-order valence-corrected chi connectivity index (χ2v) is 6.78. The number of nitrogens with zero attached hydrogens (tertiary/aromatic N) is 2. The van der Waals surface area contributed by atoms with Crippen molar-refractivity contribution in [3.63, 3.8) is 0 Å². The molecule has 1 heterocycles. The van der Waals surface area contributed by atoms with Gasteiger partial charge in [-0.1, -0.05) is 33.6 Å². The van der Waals surface area contributed by atoms with Crippen LogP contribution in [-0.4, -0.2) is 41.1 Å². The minimum Gasteiger partial charge on any atom is -0.392 e. The molecule has 0 amide bonds. The summed E-state index contributed by atoms with van der Waals surface area (Å²) in [7, 11) is -3.66. The Morgan fingerprint density at radius 2 is 1.90 bits per heavy atom. The number of aliphatic hydroxyl groups is 1. The molecule has 0 saturated heterocycles. The highest BCUT2D eigenvalue weighted by atomic mass is 32.2. The number of H-pyrrole nitrogens is 1. The number of aryl methyl sites for hydroxylation is 1. The molecule has 0 aliphatic heterocycles. The van der Waals surface area contributed by atoms with Crippen LogP contribution in [0, 0.1) is 12.8 Å². The van der Waals surface area contributed by atoms with Gasteiger partial charge in [-0.25, -0.2) is 8.42 Å². The van der Waals surface area contributed by atoms with E-state index in [1.165, 1.54) is 4.31 Å². The van der Waals surface area contributed by atoms with Crippen LogP contribution in [-0.2, 0) is 16.6 Å². The largest absolute Gasteiger partial charge is 0.392 e. The van der Waals surface area contributed by atoms with Crippen LogP contribution in [0.4, 0.5) is 0 Å². The van der Waals surface area contributed by atoms with Gasteiger partial charge in [-0.05, 0) is 12.8 Å². The third-order valence-electron chi connectivity index (χ3n) is 3.75. The van der Waals surface area contributed by atoms with E-state index < -0.39 is 10.0 Å². The third kappa shape index (κ3) is 3.39. The van der Waals surface area contributed by atoms with Crippen LogP contribution in [0.3, 0.4) is 0 Å². The van der Waals surface area contributed by atoms with Crippen molar-refractivity contribution in [3.05, 3.63) is 11.3 Å². The highest BCUT2D eigenvalue weighted by molar-refractivity contribution is 7.89. The number of aromatic nitrogens is 2. The SMILES string of the molecule is CCC(CC)CN(CC)S(=O)(=O)c1n[nH]c(C)c1CO. The van der Waals surface area contributed by atoms with Crippen molar-refractivity contribution >= 4 is 10.0 Å². The summed E-state index contributed by atoms with van der Waals surface area (Å²) in [5, 5.41) is 15.8. The molecule has 116 valence electrons. The van der Waals surface area contributed by atoms with Crippen molar-refractivity contribution in [3.8, 4) is 0 Å². The summed E-state index contributed by atoms with van der Waals surface area (Å²) >= 11 is 0. The van der Waals surface area contributed by atoms with Gasteiger partial charge in [0.05, 0.1) is 6.61 Å². The van der Waals surface area contributed by atoms with Gasteiger partial charge in [-0.2, -0.15) is 9.40 Å². The first-order valence-corrected chi connectivity index (χ1v) is 8.51. The van der Waals surface area contributed by atoms with Gasteiger partial charge in [0.25, 0.3) is 10.0 Å². The molecule has 0 aliphatic carbocycles. The predicted molar refractivity (Wildman–Crippen MR) is 77.8 cm³/mol. The van der Waals surface area contributed by atoms with Gasteiger partial charge in [0.1, 0.15) is 0 Å². The fraction of sp³-hybridized carbons (Fsp3) is 0.769. The highest BCUT2D eigenvalue weighted by Gasteiger charge is 2.30. The second-order valence-electron chi connectivity index (χ2n) is 4.93. The Labute approximate surface area is 121 Å². The van der Waals surface area contributed by atoms with Crippen LogP contribution in [0.15, 0.2) is 5.03 Å². The fourth-order valence-electron chi connectivity index (χ4n) is 2.18. The topological polar surface area (TPSA) is 86.3 Å². The first-order chi connectivity index (χ1) is 9.42. The average Bonchev–Trinajstić information content (AvgIpc) is 2.81. The van der Waals surface area contributed by atoms with Gasteiger partial charge in [0.2, 0.25) is 0 Å². The normalized spacial score (nSPS) is 12.6. The first kappa shape index (κ1) is 17.1. The maximum atomic E-state index is 12.7. The van der Waals surface area contributed by atoms with E-state index in [4.69, 9.17) is 0 Å². The van der Waals surface area contributed by atoms with E-state index in [1.54, 1.807) is 6.92 Å². The maximum absolute atomic E-state index is 12.7. The zero-order valence-corrected chi connectivity index (χ0v) is 13.5. The number of hydrogen-bond donors (Lipinski definition) is 2. The zero-order valence-electron chi connectivity index (χ0n) is 12.7. The molecular formula is C13H25N3O3S. The third-order valence-corrected chi connectivity index (χ3v) is 5.66. The summed E-state index contributed by atoms with van der Waals surface area (Å²) in [6, 6.07) is 0. The number of hydrogen-bond acceptors (Lipinski definition) is 4. The Kier molecular flexibility index (Phi) is 6.16. The molecule has 0 unspecified atom stereocenters. The molecule has 1 rings (SSSR count). The molecule has 0 saturated carbocycles. The molecule has 0 aliphatic rings. The van der Waals surface area contributed by atoms with E-state index >= 15 is 0 Å². The monoisotopic (exact) mass is 303 g/mol. The van der Waals surface area contributed by atoms with E-state index in [9.17, 15) is 13.5 Å². The molecule has 2 N–H and O–H groups in total. The van der Waals surface area contributed by atoms with Crippen molar-refractivity contribution in [2.75, 3.05) is 13.1 Å². The van der Waals surface area contributed by atoms with Crippen LogP contribution < -0.4 is 0 Å². The fourth-order valence-corrected chi connectivity index (χ4v) is 3.87. The van der Waals surface area contributed by atoms with E-state index in [0.717, 1.165) is 12.8 Å². The number of rotatable bonds is 8. The second kappa shape index (κ2) is 7.19. The van der Waals surface area contributed by atoms with Gasteiger partial charge >= 0.3 is 0 Å². The summed E-state index contributed by atoms with van der Waals surface area (Å²) in [6.07, 6.45) is 1.88. The van der Waals surface area contributed by atoms with E-state index in [-0.39, 0.29) is 11.6 Å². The van der Waals surface area contributed by atoms with Crippen molar-refractivity contribution in [2.24, 2.45) is 5.92 Å². The lowest BCUT2D eigenvalue weighted by molar-refractivity contribution is 0.276. The Hall–Kier alpha value is -0.920. The summed E-state index contributed by atoms with van der Waals surface area (Å²) < 4.78 is 26.8. The van der Waals surface area contributed by atoms with E-state index in [1.807, 2.05) is 6.92 Å². The molecule has 1 aromatic rings. The molecule has 6 nitrogen and oxygen atoms in total. The van der Waals surface area contributed by atoms with Gasteiger partial charge in [-0.3, -0.25) is 5.10 Å². The van der Waals surface area contributed by atoms with Crippen molar-refractivity contribution in [1.82, 2.24) is 14.5 Å². The molecule has 1 aromatic heterocycles. The molecule has 0 radical (unpaired) electrons. The molecule has 0 bridgehead atoms. The summed E-state index contributed by atoms with van der Waals surface area (Å²) in [5.74, 6) is 0.336. The maximum Gasteiger partial charge on any atom is 0.262 e. The molecule has 0 fully saturated rings. The van der Waals surface area contributed by atoms with E-state index in [0.29, 0.717) is 30.3 Å². The molecule has 0 aromatic carbocycles. The Morgan fingerprint density at radius 1 is 1.30 bits per heavy atom. The molecular weight excluding hydrogens is 278 g/mol. The minimum atomic E-state index is -3.66. The average molecular weight is 303 g/mol. The van der Waals surface area contributed by atoms with Crippen molar-refractivity contribution in [2.45, 2.75) is 52.2 Å². The molecule has 7 heteroatoms. The minimum absolute atomic E-state index is 0.0506. The van der Waals surface area contributed by atoms with Crippen LogP contribution in [0.25, 0.3) is 0 Å².